The number of thiophene rings is 1. The summed E-state index contributed by atoms with van der Waals surface area (Å²) in [5.41, 5.74) is 4.42. The van der Waals surface area contributed by atoms with Gasteiger partial charge in [-0.2, -0.15) is 0 Å². The van der Waals surface area contributed by atoms with E-state index in [9.17, 15) is 4.79 Å². The standard InChI is InChI=1S/C19H20N2O2S2/c1-12-9-16-14(3)20-19(21-17(16)10-13(12)2)25-8-6-23-18(22)11-15-5-4-7-24-15/h4-5,7,9-10H,6,8,11H2,1-3H3. The van der Waals surface area contributed by atoms with Crippen LogP contribution in [0.15, 0.2) is 34.8 Å². The predicted molar refractivity (Wildman–Crippen MR) is 103 cm³/mol. The summed E-state index contributed by atoms with van der Waals surface area (Å²) in [6.45, 7) is 6.56. The molecule has 0 saturated carbocycles. The molecule has 4 nitrogen and oxygen atoms in total. The molecule has 0 bridgehead atoms. The first-order valence-electron chi connectivity index (χ1n) is 8.09. The summed E-state index contributed by atoms with van der Waals surface area (Å²) in [5, 5.41) is 3.78. The Labute approximate surface area is 155 Å². The number of hydrogen-bond donors (Lipinski definition) is 0. The Balaban J connectivity index is 1.56. The fourth-order valence-corrected chi connectivity index (χ4v) is 3.88. The zero-order valence-corrected chi connectivity index (χ0v) is 16.2. The Morgan fingerprint density at radius 2 is 2.00 bits per heavy atom. The highest BCUT2D eigenvalue weighted by atomic mass is 32.2. The fourth-order valence-electron chi connectivity index (χ4n) is 2.47. The number of benzene rings is 1. The van der Waals surface area contributed by atoms with Crippen LogP contribution in [0.1, 0.15) is 21.7 Å². The van der Waals surface area contributed by atoms with Crippen molar-refractivity contribution in [1.29, 1.82) is 0 Å². The third-order valence-electron chi connectivity index (χ3n) is 3.96. The number of aromatic nitrogens is 2. The van der Waals surface area contributed by atoms with Crippen LogP contribution in [0.2, 0.25) is 0 Å². The van der Waals surface area contributed by atoms with Gasteiger partial charge >= 0.3 is 5.97 Å². The number of nitrogens with zero attached hydrogens (tertiary/aromatic N) is 2. The maximum Gasteiger partial charge on any atom is 0.311 e. The van der Waals surface area contributed by atoms with Gasteiger partial charge in [-0.3, -0.25) is 4.79 Å². The average molecular weight is 373 g/mol. The molecule has 2 heterocycles. The van der Waals surface area contributed by atoms with Crippen LogP contribution in [-0.4, -0.2) is 28.3 Å². The molecule has 0 fully saturated rings. The lowest BCUT2D eigenvalue weighted by Gasteiger charge is -2.08. The molecule has 0 aliphatic rings. The SMILES string of the molecule is Cc1cc2nc(SCCOC(=O)Cc3cccs3)nc(C)c2cc1C. The highest BCUT2D eigenvalue weighted by Gasteiger charge is 2.09. The third kappa shape index (κ3) is 4.58. The number of ether oxygens (including phenoxy) is 1. The molecule has 130 valence electrons. The van der Waals surface area contributed by atoms with Crippen molar-refractivity contribution in [2.24, 2.45) is 0 Å². The maximum absolute atomic E-state index is 11.8. The smallest absolute Gasteiger partial charge is 0.311 e. The van der Waals surface area contributed by atoms with Crippen molar-refractivity contribution >= 4 is 40.0 Å². The van der Waals surface area contributed by atoms with Crippen molar-refractivity contribution in [2.45, 2.75) is 32.3 Å². The molecule has 0 radical (unpaired) electrons. The highest BCUT2D eigenvalue weighted by Crippen LogP contribution is 2.23. The lowest BCUT2D eigenvalue weighted by Crippen LogP contribution is -2.09. The quantitative estimate of drug-likeness (QED) is 0.276. The minimum absolute atomic E-state index is 0.190. The minimum atomic E-state index is -0.190. The average Bonchev–Trinajstić information content (AvgIpc) is 3.06. The first-order chi connectivity index (χ1) is 12.0. The van der Waals surface area contributed by atoms with Crippen molar-refractivity contribution in [1.82, 2.24) is 9.97 Å². The number of esters is 1. The van der Waals surface area contributed by atoms with Gasteiger partial charge in [-0.15, -0.1) is 11.3 Å². The van der Waals surface area contributed by atoms with E-state index in [-0.39, 0.29) is 5.97 Å². The van der Waals surface area contributed by atoms with E-state index < -0.39 is 0 Å². The maximum atomic E-state index is 11.8. The number of fused-ring (bicyclic) bond motifs is 1. The van der Waals surface area contributed by atoms with E-state index in [1.807, 2.05) is 24.4 Å². The van der Waals surface area contributed by atoms with E-state index in [2.05, 4.69) is 35.9 Å². The molecule has 0 unspecified atom stereocenters. The van der Waals surface area contributed by atoms with Gasteiger partial charge in [0.1, 0.15) is 6.61 Å². The summed E-state index contributed by atoms with van der Waals surface area (Å²) in [6.07, 6.45) is 0.340. The van der Waals surface area contributed by atoms with Crippen LogP contribution in [0.3, 0.4) is 0 Å². The molecule has 0 saturated heterocycles. The van der Waals surface area contributed by atoms with Crippen molar-refractivity contribution in [3.8, 4) is 0 Å². The van der Waals surface area contributed by atoms with Gasteiger partial charge in [0.05, 0.1) is 11.9 Å². The number of aryl methyl sites for hydroxylation is 3. The van der Waals surface area contributed by atoms with Gasteiger partial charge in [0.2, 0.25) is 0 Å². The second-order valence-corrected chi connectivity index (χ2v) is 7.96. The van der Waals surface area contributed by atoms with Gasteiger partial charge in [0, 0.05) is 21.7 Å². The Hall–Kier alpha value is -1.92. The first kappa shape index (κ1) is 17.9. The van der Waals surface area contributed by atoms with Gasteiger partial charge in [-0.25, -0.2) is 9.97 Å². The summed E-state index contributed by atoms with van der Waals surface area (Å²) >= 11 is 3.08. The van der Waals surface area contributed by atoms with Gasteiger partial charge in [0.15, 0.2) is 5.16 Å². The van der Waals surface area contributed by atoms with E-state index in [1.54, 1.807) is 11.3 Å². The van der Waals surface area contributed by atoms with Crippen LogP contribution in [-0.2, 0) is 16.0 Å². The van der Waals surface area contributed by atoms with E-state index in [0.717, 1.165) is 26.6 Å². The highest BCUT2D eigenvalue weighted by molar-refractivity contribution is 7.99. The Morgan fingerprint density at radius 1 is 1.20 bits per heavy atom. The zero-order valence-electron chi connectivity index (χ0n) is 14.5. The monoisotopic (exact) mass is 372 g/mol. The molecule has 0 spiro atoms. The van der Waals surface area contributed by atoms with Crippen LogP contribution in [0.4, 0.5) is 0 Å². The number of rotatable bonds is 6. The first-order valence-corrected chi connectivity index (χ1v) is 9.96. The summed E-state index contributed by atoms with van der Waals surface area (Å²) in [4.78, 5) is 22.0. The van der Waals surface area contributed by atoms with Crippen molar-refractivity contribution in [3.05, 3.63) is 51.3 Å². The lowest BCUT2D eigenvalue weighted by molar-refractivity contribution is -0.142. The molecule has 1 aromatic carbocycles. The van der Waals surface area contributed by atoms with Crippen LogP contribution >= 0.6 is 23.1 Å². The van der Waals surface area contributed by atoms with Gasteiger partial charge in [0.25, 0.3) is 0 Å². The van der Waals surface area contributed by atoms with Crippen molar-refractivity contribution in [2.75, 3.05) is 12.4 Å². The molecule has 0 N–H and O–H groups in total. The second-order valence-electron chi connectivity index (χ2n) is 5.87. The molecule has 0 aliphatic carbocycles. The number of hydrogen-bond acceptors (Lipinski definition) is 6. The topological polar surface area (TPSA) is 52.1 Å². The zero-order chi connectivity index (χ0) is 17.8. The molecule has 3 aromatic rings. The Morgan fingerprint density at radius 3 is 2.76 bits per heavy atom. The number of thioether (sulfide) groups is 1. The van der Waals surface area contributed by atoms with Crippen molar-refractivity contribution in [3.63, 3.8) is 0 Å². The lowest BCUT2D eigenvalue weighted by atomic mass is 10.1. The molecule has 3 rings (SSSR count). The van der Waals surface area contributed by atoms with Gasteiger partial charge in [-0.1, -0.05) is 17.8 Å². The molecular formula is C19H20N2O2S2. The van der Waals surface area contributed by atoms with Crippen LogP contribution < -0.4 is 0 Å². The summed E-state index contributed by atoms with van der Waals surface area (Å²) in [5.74, 6) is 0.455. The Kier molecular flexibility index (Phi) is 5.71. The summed E-state index contributed by atoms with van der Waals surface area (Å²) < 4.78 is 5.28. The third-order valence-corrected chi connectivity index (χ3v) is 5.65. The van der Waals surface area contributed by atoms with E-state index in [1.165, 1.54) is 22.9 Å². The summed E-state index contributed by atoms with van der Waals surface area (Å²) in [6, 6.07) is 8.12. The normalized spacial score (nSPS) is 11.0. The minimum Gasteiger partial charge on any atom is -0.465 e. The van der Waals surface area contributed by atoms with E-state index >= 15 is 0 Å². The van der Waals surface area contributed by atoms with Crippen LogP contribution in [0.25, 0.3) is 10.9 Å². The molecule has 2 aromatic heterocycles. The number of carbonyl (C=O) groups is 1. The fraction of sp³-hybridized carbons (Fsp3) is 0.316. The molecule has 0 amide bonds. The largest absolute Gasteiger partial charge is 0.465 e. The molecule has 0 atom stereocenters. The van der Waals surface area contributed by atoms with Gasteiger partial charge < -0.3 is 4.74 Å². The molecular weight excluding hydrogens is 352 g/mol. The Bertz CT molecular complexity index is 892. The second kappa shape index (κ2) is 7.97. The predicted octanol–water partition coefficient (Wildman–Crippen LogP) is 4.49. The molecule has 6 heteroatoms. The summed E-state index contributed by atoms with van der Waals surface area (Å²) in [7, 11) is 0. The molecule has 25 heavy (non-hydrogen) atoms. The van der Waals surface area contributed by atoms with E-state index in [4.69, 9.17) is 4.74 Å². The van der Waals surface area contributed by atoms with Gasteiger partial charge in [-0.05, 0) is 55.5 Å². The van der Waals surface area contributed by atoms with Crippen LogP contribution in [0, 0.1) is 20.8 Å². The van der Waals surface area contributed by atoms with Crippen molar-refractivity contribution < 1.29 is 9.53 Å². The number of carbonyl (C=O) groups excluding carboxylic acids is 1. The molecule has 0 aliphatic heterocycles. The van der Waals surface area contributed by atoms with E-state index in [0.29, 0.717) is 18.8 Å². The van der Waals surface area contributed by atoms with Crippen LogP contribution in [0.5, 0.6) is 0 Å².